The minimum atomic E-state index is -0.984. The van der Waals surface area contributed by atoms with Crippen molar-refractivity contribution in [1.82, 2.24) is 31.5 Å². The van der Waals surface area contributed by atoms with Crippen LogP contribution < -0.4 is 26.6 Å². The van der Waals surface area contributed by atoms with Crippen LogP contribution in [0, 0.1) is 11.8 Å². The number of rotatable bonds is 2. The third-order valence-corrected chi connectivity index (χ3v) is 6.29. The van der Waals surface area contributed by atoms with Crippen molar-refractivity contribution in [3.05, 3.63) is 0 Å². The molecular weight excluding hydrogens is 456 g/mol. The van der Waals surface area contributed by atoms with Gasteiger partial charge in [0.05, 0.1) is 6.54 Å². The van der Waals surface area contributed by atoms with Gasteiger partial charge in [0.1, 0.15) is 30.2 Å². The molecule has 2 heterocycles. The summed E-state index contributed by atoms with van der Waals surface area (Å²) in [4.78, 5) is 78.2. The zero-order chi connectivity index (χ0) is 26.4. The van der Waals surface area contributed by atoms with Crippen molar-refractivity contribution in [1.29, 1.82) is 0 Å². The van der Waals surface area contributed by atoms with Gasteiger partial charge in [0.2, 0.25) is 35.4 Å². The molecule has 35 heavy (non-hydrogen) atoms. The molecule has 0 saturated carbocycles. The number of fused-ring (bicyclic) bond motifs is 1. The van der Waals surface area contributed by atoms with Gasteiger partial charge in [-0.1, -0.05) is 27.7 Å². The molecule has 5 N–H and O–H groups in total. The van der Waals surface area contributed by atoms with E-state index in [0.717, 1.165) is 0 Å². The smallest absolute Gasteiger partial charge is 0.243 e. The Morgan fingerprint density at radius 1 is 0.686 bits per heavy atom. The number of nitrogens with one attached hydrogen (secondary N) is 5. The third-order valence-electron chi connectivity index (χ3n) is 6.29. The van der Waals surface area contributed by atoms with Gasteiger partial charge >= 0.3 is 0 Å². The fourth-order valence-electron chi connectivity index (χ4n) is 4.08. The molecule has 2 fully saturated rings. The van der Waals surface area contributed by atoms with Crippen molar-refractivity contribution < 1.29 is 28.8 Å². The topological polar surface area (TPSA) is 166 Å². The van der Waals surface area contributed by atoms with Crippen LogP contribution in [0.5, 0.6) is 0 Å². The summed E-state index contributed by atoms with van der Waals surface area (Å²) in [5, 5.41) is 13.0. The van der Waals surface area contributed by atoms with Gasteiger partial charge in [0.15, 0.2) is 0 Å². The summed E-state index contributed by atoms with van der Waals surface area (Å²) in [6, 6.07) is -4.60. The Hall–Kier alpha value is -3.18. The largest absolute Gasteiger partial charge is 0.345 e. The maximum atomic E-state index is 13.0. The number of hydrogen-bond donors (Lipinski definition) is 5. The molecule has 0 aromatic rings. The minimum Gasteiger partial charge on any atom is -0.345 e. The molecule has 0 aromatic carbocycles. The molecule has 0 unspecified atom stereocenters. The van der Waals surface area contributed by atoms with E-state index >= 15 is 0 Å². The Balaban J connectivity index is 2.33. The maximum Gasteiger partial charge on any atom is 0.243 e. The Bertz CT molecular complexity index is 859. The van der Waals surface area contributed by atoms with Gasteiger partial charge in [-0.15, -0.1) is 0 Å². The summed E-state index contributed by atoms with van der Waals surface area (Å²) in [7, 11) is 0. The summed E-state index contributed by atoms with van der Waals surface area (Å²) < 4.78 is 0. The first-order valence-electron chi connectivity index (χ1n) is 12.1. The van der Waals surface area contributed by atoms with Crippen LogP contribution in [0.25, 0.3) is 0 Å². The fraction of sp³-hybridized carbons (Fsp3) is 0.739. The number of nitrogens with zero attached hydrogens (tertiary/aromatic N) is 1. The average molecular weight is 495 g/mol. The molecule has 0 bridgehead atoms. The highest BCUT2D eigenvalue weighted by atomic mass is 16.2. The second-order valence-corrected chi connectivity index (χ2v) is 9.88. The molecule has 0 spiro atoms. The van der Waals surface area contributed by atoms with E-state index in [-0.39, 0.29) is 18.4 Å². The van der Waals surface area contributed by atoms with Crippen LogP contribution in [0.3, 0.4) is 0 Å². The molecule has 2 aliphatic rings. The molecule has 0 aliphatic carbocycles. The molecule has 2 rings (SSSR count). The minimum absolute atomic E-state index is 0.290. The van der Waals surface area contributed by atoms with Crippen molar-refractivity contribution in [2.75, 3.05) is 13.1 Å². The van der Waals surface area contributed by atoms with Crippen molar-refractivity contribution in [2.24, 2.45) is 11.8 Å². The maximum absolute atomic E-state index is 13.0. The predicted octanol–water partition coefficient (Wildman–Crippen LogP) is -1.60. The summed E-state index contributed by atoms with van der Waals surface area (Å²) in [5.74, 6) is -3.72. The molecule has 2 aliphatic heterocycles. The average Bonchev–Trinajstić information content (AvgIpc) is 3.27. The lowest BCUT2D eigenvalue weighted by Crippen LogP contribution is -2.60. The molecule has 0 radical (unpaired) electrons. The SMILES string of the molecule is CC(C)[C@@H]1NC(=O)[C@H](C)NC(=O)[C@H](C)NC(=O)[C@H](C(C)C)NC(=O)[C@@H]2CCCN2C(=O)CNC1=O. The van der Waals surface area contributed by atoms with E-state index in [1.807, 2.05) is 0 Å². The predicted molar refractivity (Wildman–Crippen MR) is 126 cm³/mol. The lowest BCUT2D eigenvalue weighted by Gasteiger charge is -2.29. The van der Waals surface area contributed by atoms with E-state index in [9.17, 15) is 28.8 Å². The molecule has 2 saturated heterocycles. The zero-order valence-corrected chi connectivity index (χ0v) is 21.3. The van der Waals surface area contributed by atoms with Crippen LogP contribution >= 0.6 is 0 Å². The van der Waals surface area contributed by atoms with Crippen LogP contribution in [0.15, 0.2) is 0 Å². The highest BCUT2D eigenvalue weighted by molar-refractivity contribution is 5.97. The van der Waals surface area contributed by atoms with Crippen LogP contribution in [-0.2, 0) is 28.8 Å². The quantitative estimate of drug-likeness (QED) is 0.310. The van der Waals surface area contributed by atoms with E-state index in [2.05, 4.69) is 26.6 Å². The summed E-state index contributed by atoms with van der Waals surface area (Å²) in [6.07, 6.45) is 1.04. The molecule has 5 atom stereocenters. The van der Waals surface area contributed by atoms with Crippen LogP contribution in [0.2, 0.25) is 0 Å². The van der Waals surface area contributed by atoms with Crippen molar-refractivity contribution >= 4 is 35.4 Å². The van der Waals surface area contributed by atoms with Gasteiger partial charge in [0, 0.05) is 6.54 Å². The van der Waals surface area contributed by atoms with Crippen LogP contribution in [0.1, 0.15) is 54.4 Å². The molecule has 196 valence electrons. The monoisotopic (exact) mass is 494 g/mol. The van der Waals surface area contributed by atoms with Gasteiger partial charge in [-0.05, 0) is 38.5 Å². The lowest BCUT2D eigenvalue weighted by molar-refractivity contribution is -0.140. The second kappa shape index (κ2) is 12.0. The van der Waals surface area contributed by atoms with Crippen molar-refractivity contribution in [3.63, 3.8) is 0 Å². The Labute approximate surface area is 205 Å². The number of hydrogen-bond acceptors (Lipinski definition) is 6. The molecule has 12 heteroatoms. The van der Waals surface area contributed by atoms with Gasteiger partial charge in [0.25, 0.3) is 0 Å². The lowest BCUT2D eigenvalue weighted by atomic mass is 10.0. The zero-order valence-electron chi connectivity index (χ0n) is 21.3. The highest BCUT2D eigenvalue weighted by Crippen LogP contribution is 2.18. The molecule has 6 amide bonds. The van der Waals surface area contributed by atoms with E-state index < -0.39 is 65.7 Å². The summed E-state index contributed by atoms with van der Waals surface area (Å²) in [6.45, 7) is 9.94. The molecule has 12 nitrogen and oxygen atoms in total. The second-order valence-electron chi connectivity index (χ2n) is 9.88. The van der Waals surface area contributed by atoms with Crippen LogP contribution in [-0.4, -0.2) is 83.6 Å². The summed E-state index contributed by atoms with van der Waals surface area (Å²) >= 11 is 0. The summed E-state index contributed by atoms with van der Waals surface area (Å²) in [5.41, 5.74) is 0. The normalized spacial score (nSPS) is 30.1. The molecular formula is C23H38N6O6. The van der Waals surface area contributed by atoms with Gasteiger partial charge in [-0.3, -0.25) is 28.8 Å². The fourth-order valence-corrected chi connectivity index (χ4v) is 4.08. The van der Waals surface area contributed by atoms with E-state index in [4.69, 9.17) is 0 Å². The number of carbonyl (C=O) groups is 6. The third kappa shape index (κ3) is 7.15. The van der Waals surface area contributed by atoms with Gasteiger partial charge in [-0.2, -0.15) is 0 Å². The van der Waals surface area contributed by atoms with Gasteiger partial charge in [-0.25, -0.2) is 0 Å². The van der Waals surface area contributed by atoms with E-state index in [1.54, 1.807) is 27.7 Å². The Morgan fingerprint density at radius 3 is 1.74 bits per heavy atom. The highest BCUT2D eigenvalue weighted by Gasteiger charge is 2.37. The number of amides is 6. The molecule has 0 aromatic heterocycles. The first-order chi connectivity index (χ1) is 16.3. The number of carbonyl (C=O) groups excluding carboxylic acids is 6. The first kappa shape index (κ1) is 28.1. The van der Waals surface area contributed by atoms with Gasteiger partial charge < -0.3 is 31.5 Å². The van der Waals surface area contributed by atoms with E-state index in [0.29, 0.717) is 19.4 Å². The van der Waals surface area contributed by atoms with Crippen LogP contribution in [0.4, 0.5) is 0 Å². The van der Waals surface area contributed by atoms with Crippen molar-refractivity contribution in [2.45, 2.75) is 84.6 Å². The standard InChI is InChI=1S/C23H38N6O6/c1-11(2)17-22(34)24-10-16(30)29-9-7-8-15(29)21(33)28-18(12(3)4)23(35)26-13(5)19(31)25-14(6)20(32)27-17/h11-15,17-18H,7-10H2,1-6H3,(H,24,34)(H,25,31)(H,26,35)(H,27,32)(H,28,33)/t13-,14-,15-,17-,18-/m0/s1. The van der Waals surface area contributed by atoms with E-state index in [1.165, 1.54) is 18.7 Å². The first-order valence-corrected chi connectivity index (χ1v) is 12.1. The Kier molecular flexibility index (Phi) is 9.61. The van der Waals surface area contributed by atoms with Crippen molar-refractivity contribution in [3.8, 4) is 0 Å². The Morgan fingerprint density at radius 2 is 1.17 bits per heavy atom.